The van der Waals surface area contributed by atoms with Crippen molar-refractivity contribution in [2.45, 2.75) is 6.42 Å². The Morgan fingerprint density at radius 2 is 2.00 bits per heavy atom. The number of nitrogens with one attached hydrogen (secondary N) is 1. The Morgan fingerprint density at radius 3 is 2.65 bits per heavy atom. The summed E-state index contributed by atoms with van der Waals surface area (Å²) in [5, 5.41) is 3.44. The molecule has 1 fully saturated rings. The van der Waals surface area contributed by atoms with Gasteiger partial charge in [0.05, 0.1) is 12.8 Å². The van der Waals surface area contributed by atoms with E-state index in [0.29, 0.717) is 29.5 Å². The molecule has 128 valence electrons. The Bertz CT molecular complexity index is 519. The first-order valence-corrected chi connectivity index (χ1v) is 8.12. The Hall–Kier alpha value is -1.50. The van der Waals surface area contributed by atoms with E-state index in [2.05, 4.69) is 10.2 Å². The lowest BCUT2D eigenvalue weighted by molar-refractivity contribution is 0.130. The van der Waals surface area contributed by atoms with Gasteiger partial charge in [-0.15, -0.1) is 0 Å². The summed E-state index contributed by atoms with van der Waals surface area (Å²) >= 11 is 5.99. The summed E-state index contributed by atoms with van der Waals surface area (Å²) in [4.78, 5) is 16.6. The maximum Gasteiger partial charge on any atom is 0.322 e. The standard InChI is InChI=1S/C16H24ClN3O3/c1-22-11-3-6-19-7-9-20(10-8-19)16(21)18-14-12-13(17)4-5-15(14)23-2/h4-5,12H,3,6-11H2,1-2H3,(H,18,21). The summed E-state index contributed by atoms with van der Waals surface area (Å²) in [6.07, 6.45) is 1.02. The van der Waals surface area contributed by atoms with Crippen LogP contribution in [-0.2, 0) is 4.74 Å². The molecule has 0 radical (unpaired) electrons. The number of ether oxygens (including phenoxy) is 2. The van der Waals surface area contributed by atoms with Gasteiger partial charge in [0.15, 0.2) is 0 Å². The number of nitrogens with zero attached hydrogens (tertiary/aromatic N) is 2. The number of hydrogen-bond donors (Lipinski definition) is 1. The summed E-state index contributed by atoms with van der Waals surface area (Å²) in [6.45, 7) is 4.96. The summed E-state index contributed by atoms with van der Waals surface area (Å²) in [5.74, 6) is 0.598. The van der Waals surface area contributed by atoms with E-state index in [-0.39, 0.29) is 6.03 Å². The number of hydrogen-bond acceptors (Lipinski definition) is 4. The van der Waals surface area contributed by atoms with Crippen LogP contribution in [0.1, 0.15) is 6.42 Å². The first-order chi connectivity index (χ1) is 11.1. The van der Waals surface area contributed by atoms with Gasteiger partial charge in [-0.3, -0.25) is 4.90 Å². The molecule has 1 aromatic rings. The van der Waals surface area contributed by atoms with Crippen molar-refractivity contribution >= 4 is 23.3 Å². The Labute approximate surface area is 142 Å². The van der Waals surface area contributed by atoms with Crippen molar-refractivity contribution < 1.29 is 14.3 Å². The number of carbonyl (C=O) groups excluding carboxylic acids is 1. The second kappa shape index (κ2) is 8.96. The molecule has 6 nitrogen and oxygen atoms in total. The molecule has 0 spiro atoms. The lowest BCUT2D eigenvalue weighted by Crippen LogP contribution is -2.50. The van der Waals surface area contributed by atoms with Crippen molar-refractivity contribution in [2.24, 2.45) is 0 Å². The number of amides is 2. The molecule has 23 heavy (non-hydrogen) atoms. The average Bonchev–Trinajstić information content (AvgIpc) is 2.56. The van der Waals surface area contributed by atoms with E-state index >= 15 is 0 Å². The molecule has 1 heterocycles. The van der Waals surface area contributed by atoms with Gasteiger partial charge >= 0.3 is 6.03 Å². The fourth-order valence-electron chi connectivity index (χ4n) is 2.58. The van der Waals surface area contributed by atoms with Crippen LogP contribution in [0.5, 0.6) is 5.75 Å². The van der Waals surface area contributed by atoms with Gasteiger partial charge in [-0.25, -0.2) is 4.79 Å². The quantitative estimate of drug-likeness (QED) is 0.808. The van der Waals surface area contributed by atoms with E-state index < -0.39 is 0 Å². The highest BCUT2D eigenvalue weighted by Crippen LogP contribution is 2.28. The van der Waals surface area contributed by atoms with Crippen molar-refractivity contribution in [3.05, 3.63) is 23.2 Å². The van der Waals surface area contributed by atoms with E-state index in [0.717, 1.165) is 32.7 Å². The molecule has 1 saturated heterocycles. The zero-order valence-electron chi connectivity index (χ0n) is 13.7. The first kappa shape index (κ1) is 17.8. The maximum absolute atomic E-state index is 12.4. The predicted molar refractivity (Wildman–Crippen MR) is 91.5 cm³/mol. The maximum atomic E-state index is 12.4. The summed E-state index contributed by atoms with van der Waals surface area (Å²) in [5.41, 5.74) is 0.590. The molecular formula is C16H24ClN3O3. The molecule has 0 aromatic heterocycles. The highest BCUT2D eigenvalue weighted by molar-refractivity contribution is 6.31. The smallest absolute Gasteiger partial charge is 0.322 e. The minimum Gasteiger partial charge on any atom is -0.495 e. The van der Waals surface area contributed by atoms with Crippen LogP contribution in [0.2, 0.25) is 5.02 Å². The lowest BCUT2D eigenvalue weighted by atomic mass is 10.3. The third kappa shape index (κ3) is 5.27. The van der Waals surface area contributed by atoms with Crippen molar-refractivity contribution in [3.8, 4) is 5.75 Å². The normalized spacial score (nSPS) is 15.5. The second-order valence-corrected chi connectivity index (χ2v) is 5.89. The molecular weight excluding hydrogens is 318 g/mol. The molecule has 2 amide bonds. The van der Waals surface area contributed by atoms with Crippen LogP contribution in [-0.4, -0.2) is 69.4 Å². The Morgan fingerprint density at radius 1 is 1.26 bits per heavy atom. The van der Waals surface area contributed by atoms with Crippen LogP contribution in [0.15, 0.2) is 18.2 Å². The van der Waals surface area contributed by atoms with Crippen molar-refractivity contribution in [3.63, 3.8) is 0 Å². The monoisotopic (exact) mass is 341 g/mol. The number of methoxy groups -OCH3 is 2. The van der Waals surface area contributed by atoms with Crippen LogP contribution >= 0.6 is 11.6 Å². The summed E-state index contributed by atoms with van der Waals surface area (Å²) in [6, 6.07) is 5.04. The highest BCUT2D eigenvalue weighted by Gasteiger charge is 2.21. The number of urea groups is 1. The van der Waals surface area contributed by atoms with Gasteiger partial charge in [-0.2, -0.15) is 0 Å². The third-order valence-electron chi connectivity index (χ3n) is 3.89. The molecule has 0 atom stereocenters. The van der Waals surface area contributed by atoms with Crippen LogP contribution in [0.4, 0.5) is 10.5 Å². The van der Waals surface area contributed by atoms with Gasteiger partial charge in [0.2, 0.25) is 0 Å². The van der Waals surface area contributed by atoms with E-state index in [4.69, 9.17) is 21.1 Å². The lowest BCUT2D eigenvalue weighted by Gasteiger charge is -2.34. The molecule has 1 N–H and O–H groups in total. The largest absolute Gasteiger partial charge is 0.495 e. The predicted octanol–water partition coefficient (Wildman–Crippen LogP) is 2.53. The fraction of sp³-hybridized carbons (Fsp3) is 0.562. The number of halogens is 1. The van der Waals surface area contributed by atoms with Gasteiger partial charge in [0.25, 0.3) is 0 Å². The molecule has 0 unspecified atom stereocenters. The van der Waals surface area contributed by atoms with Gasteiger partial charge in [0, 0.05) is 51.5 Å². The summed E-state index contributed by atoms with van der Waals surface area (Å²) in [7, 11) is 3.28. The number of piperazine rings is 1. The zero-order valence-corrected chi connectivity index (χ0v) is 14.4. The van der Waals surface area contributed by atoms with E-state index in [1.807, 2.05) is 4.90 Å². The van der Waals surface area contributed by atoms with Crippen LogP contribution in [0, 0.1) is 0 Å². The second-order valence-electron chi connectivity index (χ2n) is 5.45. The average molecular weight is 342 g/mol. The third-order valence-corrected chi connectivity index (χ3v) is 4.12. The minimum absolute atomic E-state index is 0.123. The van der Waals surface area contributed by atoms with Crippen molar-refractivity contribution in [2.75, 3.05) is 58.9 Å². The molecule has 1 aromatic carbocycles. The first-order valence-electron chi connectivity index (χ1n) is 7.75. The van der Waals surface area contributed by atoms with Gasteiger partial charge < -0.3 is 19.7 Å². The fourth-order valence-corrected chi connectivity index (χ4v) is 2.75. The highest BCUT2D eigenvalue weighted by atomic mass is 35.5. The molecule has 1 aliphatic heterocycles. The van der Waals surface area contributed by atoms with Crippen molar-refractivity contribution in [1.29, 1.82) is 0 Å². The van der Waals surface area contributed by atoms with Gasteiger partial charge in [0.1, 0.15) is 5.75 Å². The van der Waals surface area contributed by atoms with Gasteiger partial charge in [-0.05, 0) is 24.6 Å². The molecule has 0 aliphatic carbocycles. The SMILES string of the molecule is COCCCN1CCN(C(=O)Nc2cc(Cl)ccc2OC)CC1. The number of benzene rings is 1. The van der Waals surface area contributed by atoms with E-state index in [9.17, 15) is 4.79 Å². The zero-order chi connectivity index (χ0) is 16.7. The van der Waals surface area contributed by atoms with Crippen LogP contribution < -0.4 is 10.1 Å². The Kier molecular flexibility index (Phi) is 6.95. The Balaban J connectivity index is 1.84. The van der Waals surface area contributed by atoms with E-state index in [1.54, 1.807) is 32.4 Å². The molecule has 7 heteroatoms. The molecule has 1 aliphatic rings. The van der Waals surface area contributed by atoms with Crippen molar-refractivity contribution in [1.82, 2.24) is 9.80 Å². The molecule has 2 rings (SSSR count). The summed E-state index contributed by atoms with van der Waals surface area (Å²) < 4.78 is 10.3. The van der Waals surface area contributed by atoms with Crippen LogP contribution in [0.3, 0.4) is 0 Å². The minimum atomic E-state index is -0.123. The number of rotatable bonds is 6. The van der Waals surface area contributed by atoms with E-state index in [1.165, 1.54) is 0 Å². The van der Waals surface area contributed by atoms with Gasteiger partial charge in [-0.1, -0.05) is 11.6 Å². The number of anilines is 1. The van der Waals surface area contributed by atoms with Crippen LogP contribution in [0.25, 0.3) is 0 Å². The molecule has 0 bridgehead atoms. The molecule has 0 saturated carbocycles. The topological polar surface area (TPSA) is 54.0 Å². The number of carbonyl (C=O) groups is 1.